The molecule has 2 N–H and O–H groups in total. The molecule has 0 radical (unpaired) electrons. The van der Waals surface area contributed by atoms with Crippen molar-refractivity contribution >= 4 is 11.9 Å². The molecule has 5 nitrogen and oxygen atoms in total. The summed E-state index contributed by atoms with van der Waals surface area (Å²) in [6, 6.07) is 5.85. The summed E-state index contributed by atoms with van der Waals surface area (Å²) in [6.45, 7) is 5.62. The number of carboxylic acids is 1. The minimum atomic E-state index is -0.943. The molecule has 0 saturated carbocycles. The van der Waals surface area contributed by atoms with Crippen LogP contribution in [0.15, 0.2) is 24.3 Å². The molecule has 128 valence electrons. The minimum absolute atomic E-state index is 0.00599. The highest BCUT2D eigenvalue weighted by Crippen LogP contribution is 2.18. The Labute approximate surface area is 135 Å². The first kappa shape index (κ1) is 18.9. The van der Waals surface area contributed by atoms with Gasteiger partial charge < -0.3 is 15.2 Å². The quantitative estimate of drug-likeness (QED) is 0.732. The topological polar surface area (TPSA) is 75.6 Å². The van der Waals surface area contributed by atoms with Crippen molar-refractivity contribution in [3.05, 3.63) is 30.1 Å². The molecule has 0 saturated heterocycles. The molecule has 1 aromatic carbocycles. The number of nitrogens with one attached hydrogen (secondary N) is 1. The molecule has 0 bridgehead atoms. The van der Waals surface area contributed by atoms with Crippen LogP contribution in [0.25, 0.3) is 0 Å². The van der Waals surface area contributed by atoms with Crippen LogP contribution in [-0.2, 0) is 9.59 Å². The van der Waals surface area contributed by atoms with Crippen LogP contribution in [0.2, 0.25) is 0 Å². The van der Waals surface area contributed by atoms with E-state index in [9.17, 15) is 19.1 Å². The first-order chi connectivity index (χ1) is 10.8. The van der Waals surface area contributed by atoms with Crippen LogP contribution in [-0.4, -0.2) is 29.6 Å². The van der Waals surface area contributed by atoms with Crippen LogP contribution in [0.4, 0.5) is 4.39 Å². The number of carbonyl (C=O) groups excluding carboxylic acids is 1. The standard InChI is InChI=1S/C17H24FNO4/c1-4-14(23-15-8-6-5-7-13(15)18)16(20)19-10-12(17(21)22)9-11(2)3/h5-8,11-12,14H,4,9-10H2,1-3H3,(H,19,20)(H,21,22). The molecule has 2 unspecified atom stereocenters. The second-order valence-corrected chi connectivity index (χ2v) is 5.86. The number of halogens is 1. The Kier molecular flexibility index (Phi) is 7.51. The summed E-state index contributed by atoms with van der Waals surface area (Å²) < 4.78 is 19.0. The molecule has 1 aromatic rings. The highest BCUT2D eigenvalue weighted by atomic mass is 19.1. The number of aliphatic carboxylic acids is 1. The van der Waals surface area contributed by atoms with Gasteiger partial charge in [0.2, 0.25) is 0 Å². The maximum Gasteiger partial charge on any atom is 0.308 e. The Hall–Kier alpha value is -2.11. The van der Waals surface area contributed by atoms with E-state index < -0.39 is 29.7 Å². The Bertz CT molecular complexity index is 533. The molecule has 23 heavy (non-hydrogen) atoms. The van der Waals surface area contributed by atoms with E-state index in [0.717, 1.165) is 0 Å². The highest BCUT2D eigenvalue weighted by Gasteiger charge is 2.24. The number of ether oxygens (including phenoxy) is 1. The molecule has 6 heteroatoms. The lowest BCUT2D eigenvalue weighted by Gasteiger charge is -2.20. The smallest absolute Gasteiger partial charge is 0.308 e. The molecule has 0 aliphatic heterocycles. The first-order valence-corrected chi connectivity index (χ1v) is 7.76. The van der Waals surface area contributed by atoms with Gasteiger partial charge in [-0.2, -0.15) is 0 Å². The largest absolute Gasteiger partial charge is 0.481 e. The summed E-state index contributed by atoms with van der Waals surface area (Å²) in [5.74, 6) is -2.35. The third-order valence-corrected chi connectivity index (χ3v) is 3.40. The molecule has 0 fully saturated rings. The Morgan fingerprint density at radius 1 is 1.30 bits per heavy atom. The predicted molar refractivity (Wildman–Crippen MR) is 84.7 cm³/mol. The number of rotatable bonds is 9. The Morgan fingerprint density at radius 3 is 2.48 bits per heavy atom. The van der Waals surface area contributed by atoms with Gasteiger partial charge in [0.1, 0.15) is 0 Å². The van der Waals surface area contributed by atoms with Gasteiger partial charge in [0.15, 0.2) is 17.7 Å². The van der Waals surface area contributed by atoms with E-state index in [0.29, 0.717) is 12.8 Å². The molecular formula is C17H24FNO4. The van der Waals surface area contributed by atoms with Gasteiger partial charge >= 0.3 is 5.97 Å². The number of benzene rings is 1. The van der Waals surface area contributed by atoms with Crippen molar-refractivity contribution in [1.82, 2.24) is 5.32 Å². The third kappa shape index (κ3) is 6.26. The Balaban J connectivity index is 2.63. The summed E-state index contributed by atoms with van der Waals surface area (Å²) in [5.41, 5.74) is 0. The SMILES string of the molecule is CCC(Oc1ccccc1F)C(=O)NCC(CC(C)C)C(=O)O. The van der Waals surface area contributed by atoms with Crippen molar-refractivity contribution in [2.75, 3.05) is 6.54 Å². The van der Waals surface area contributed by atoms with Gasteiger partial charge in [-0.3, -0.25) is 9.59 Å². The van der Waals surface area contributed by atoms with E-state index in [1.54, 1.807) is 13.0 Å². The fourth-order valence-electron chi connectivity index (χ4n) is 2.19. The van der Waals surface area contributed by atoms with Gasteiger partial charge in [-0.05, 0) is 30.9 Å². The van der Waals surface area contributed by atoms with E-state index in [1.165, 1.54) is 18.2 Å². The summed E-state index contributed by atoms with van der Waals surface area (Å²) in [4.78, 5) is 23.3. The second-order valence-electron chi connectivity index (χ2n) is 5.86. The monoisotopic (exact) mass is 325 g/mol. The van der Waals surface area contributed by atoms with Crippen molar-refractivity contribution in [1.29, 1.82) is 0 Å². The summed E-state index contributed by atoms with van der Waals surface area (Å²) >= 11 is 0. The maximum atomic E-state index is 13.6. The lowest BCUT2D eigenvalue weighted by atomic mass is 9.97. The average molecular weight is 325 g/mol. The van der Waals surface area contributed by atoms with Gasteiger partial charge in [0, 0.05) is 6.54 Å². The lowest BCUT2D eigenvalue weighted by molar-refractivity contribution is -0.142. The maximum absolute atomic E-state index is 13.6. The molecular weight excluding hydrogens is 301 g/mol. The van der Waals surface area contributed by atoms with Crippen molar-refractivity contribution < 1.29 is 23.8 Å². The molecule has 0 aromatic heterocycles. The minimum Gasteiger partial charge on any atom is -0.481 e. The number of para-hydroxylation sites is 1. The average Bonchev–Trinajstić information content (AvgIpc) is 2.49. The van der Waals surface area contributed by atoms with Gasteiger partial charge in [0.25, 0.3) is 5.91 Å². The lowest BCUT2D eigenvalue weighted by Crippen LogP contribution is -2.41. The zero-order chi connectivity index (χ0) is 17.4. The van der Waals surface area contributed by atoms with Crippen molar-refractivity contribution in [3.8, 4) is 5.75 Å². The Morgan fingerprint density at radius 2 is 1.96 bits per heavy atom. The zero-order valence-electron chi connectivity index (χ0n) is 13.7. The van der Waals surface area contributed by atoms with Crippen LogP contribution in [0, 0.1) is 17.7 Å². The van der Waals surface area contributed by atoms with Crippen LogP contribution >= 0.6 is 0 Å². The van der Waals surface area contributed by atoms with E-state index >= 15 is 0 Å². The molecule has 1 amide bonds. The molecule has 1 rings (SSSR count). The summed E-state index contributed by atoms with van der Waals surface area (Å²) in [7, 11) is 0. The third-order valence-electron chi connectivity index (χ3n) is 3.40. The van der Waals surface area contributed by atoms with Crippen LogP contribution < -0.4 is 10.1 Å². The number of amides is 1. The van der Waals surface area contributed by atoms with Crippen molar-refractivity contribution in [2.24, 2.45) is 11.8 Å². The van der Waals surface area contributed by atoms with Gasteiger partial charge in [-0.25, -0.2) is 4.39 Å². The molecule has 0 heterocycles. The fraction of sp³-hybridized carbons (Fsp3) is 0.529. The van der Waals surface area contributed by atoms with Crippen molar-refractivity contribution in [3.63, 3.8) is 0 Å². The first-order valence-electron chi connectivity index (χ1n) is 7.76. The van der Waals surface area contributed by atoms with Gasteiger partial charge in [0.05, 0.1) is 5.92 Å². The van der Waals surface area contributed by atoms with E-state index in [-0.39, 0.29) is 18.2 Å². The zero-order valence-corrected chi connectivity index (χ0v) is 13.7. The number of carboxylic acid groups (broad SMARTS) is 1. The summed E-state index contributed by atoms with van der Waals surface area (Å²) in [5, 5.41) is 11.8. The number of hydrogen-bond donors (Lipinski definition) is 2. The van der Waals surface area contributed by atoms with Gasteiger partial charge in [-0.15, -0.1) is 0 Å². The summed E-state index contributed by atoms with van der Waals surface area (Å²) in [6.07, 6.45) is -0.0387. The van der Waals surface area contributed by atoms with Crippen LogP contribution in [0.5, 0.6) is 5.75 Å². The predicted octanol–water partition coefficient (Wildman–Crippen LogP) is 2.85. The number of hydrogen-bond acceptors (Lipinski definition) is 3. The van der Waals surface area contributed by atoms with E-state index in [4.69, 9.17) is 4.74 Å². The van der Waals surface area contributed by atoms with Gasteiger partial charge in [-0.1, -0.05) is 32.9 Å². The van der Waals surface area contributed by atoms with E-state index in [2.05, 4.69) is 5.32 Å². The molecule has 0 aliphatic carbocycles. The second kappa shape index (κ2) is 9.12. The molecule has 0 spiro atoms. The number of carbonyl (C=O) groups is 2. The van der Waals surface area contributed by atoms with Crippen LogP contribution in [0.1, 0.15) is 33.6 Å². The van der Waals surface area contributed by atoms with E-state index in [1.807, 2.05) is 13.8 Å². The van der Waals surface area contributed by atoms with Crippen molar-refractivity contribution in [2.45, 2.75) is 39.7 Å². The normalized spacial score (nSPS) is 13.4. The molecule has 2 atom stereocenters. The highest BCUT2D eigenvalue weighted by molar-refractivity contribution is 5.81. The fourth-order valence-corrected chi connectivity index (χ4v) is 2.19. The molecule has 0 aliphatic rings. The van der Waals surface area contributed by atoms with Crippen LogP contribution in [0.3, 0.4) is 0 Å².